The topological polar surface area (TPSA) is 52.9 Å². The van der Waals surface area contributed by atoms with E-state index >= 15 is 0 Å². The summed E-state index contributed by atoms with van der Waals surface area (Å²) >= 11 is 0. The van der Waals surface area contributed by atoms with E-state index in [1.807, 2.05) is 0 Å². The molecule has 82 valence electrons. The molecule has 1 amide bonds. The quantitative estimate of drug-likeness (QED) is 0.726. The van der Waals surface area contributed by atoms with Crippen LogP contribution in [0.4, 0.5) is 0 Å². The number of carbonyl (C=O) groups is 1. The van der Waals surface area contributed by atoms with Crippen molar-refractivity contribution < 1.29 is 9.90 Å². The molecule has 0 fully saturated rings. The van der Waals surface area contributed by atoms with E-state index in [2.05, 4.69) is 4.99 Å². The summed E-state index contributed by atoms with van der Waals surface area (Å²) in [6.45, 7) is 1.79. The maximum atomic E-state index is 11.5. The number of amidine groups is 1. The highest BCUT2D eigenvalue weighted by molar-refractivity contribution is 6.12. The zero-order valence-corrected chi connectivity index (χ0v) is 9.14. The van der Waals surface area contributed by atoms with Crippen molar-refractivity contribution in [3.63, 3.8) is 0 Å². The van der Waals surface area contributed by atoms with Crippen LogP contribution in [0.1, 0.15) is 12.5 Å². The van der Waals surface area contributed by atoms with Gasteiger partial charge in [-0.1, -0.05) is 12.1 Å². The van der Waals surface area contributed by atoms with Gasteiger partial charge in [0.2, 0.25) is 0 Å². The summed E-state index contributed by atoms with van der Waals surface area (Å²) in [4.78, 5) is 17.1. The Morgan fingerprint density at radius 3 is 2.44 bits per heavy atom. The van der Waals surface area contributed by atoms with E-state index in [0.29, 0.717) is 11.5 Å². The molecule has 0 saturated carbocycles. The Bertz CT molecular complexity index is 486. The smallest absolute Gasteiger partial charge is 0.295 e. The highest BCUT2D eigenvalue weighted by atomic mass is 16.3. The Balaban J connectivity index is 2.32. The van der Waals surface area contributed by atoms with Gasteiger partial charge in [-0.3, -0.25) is 4.79 Å². The molecule has 1 N–H and O–H groups in total. The van der Waals surface area contributed by atoms with Crippen LogP contribution in [0, 0.1) is 0 Å². The van der Waals surface area contributed by atoms with Gasteiger partial charge in [0.15, 0.2) is 0 Å². The molecule has 2 rings (SSSR count). The van der Waals surface area contributed by atoms with E-state index in [0.717, 1.165) is 5.56 Å². The van der Waals surface area contributed by atoms with Gasteiger partial charge in [0.25, 0.3) is 5.91 Å². The van der Waals surface area contributed by atoms with Crippen molar-refractivity contribution >= 4 is 17.8 Å². The van der Waals surface area contributed by atoms with Gasteiger partial charge in [-0.25, -0.2) is 0 Å². The Morgan fingerprint density at radius 2 is 1.94 bits per heavy atom. The molecule has 0 bridgehead atoms. The molecule has 0 aromatic heterocycles. The Labute approximate surface area is 93.5 Å². The number of nitrogens with zero attached hydrogens (tertiary/aromatic N) is 2. The Kier molecular flexibility index (Phi) is 2.48. The zero-order valence-electron chi connectivity index (χ0n) is 9.14. The standard InChI is InChI=1S/C12H12N2O2/c1-8-13-12(16)11(14(8)2)7-9-3-5-10(15)6-4-9/h3-7,15H,1-2H3/b11-7-. The number of carbonyl (C=O) groups excluding carboxylic acids is 1. The van der Waals surface area contributed by atoms with Gasteiger partial charge >= 0.3 is 0 Å². The minimum atomic E-state index is -0.229. The summed E-state index contributed by atoms with van der Waals surface area (Å²) in [5, 5.41) is 9.14. The number of amides is 1. The van der Waals surface area contributed by atoms with Crippen LogP contribution in [0.2, 0.25) is 0 Å². The van der Waals surface area contributed by atoms with E-state index in [1.165, 1.54) is 0 Å². The van der Waals surface area contributed by atoms with E-state index < -0.39 is 0 Å². The van der Waals surface area contributed by atoms with Crippen molar-refractivity contribution in [2.75, 3.05) is 7.05 Å². The summed E-state index contributed by atoms with van der Waals surface area (Å²) in [6.07, 6.45) is 1.75. The van der Waals surface area contributed by atoms with Gasteiger partial charge in [0, 0.05) is 7.05 Å². The van der Waals surface area contributed by atoms with Gasteiger partial charge < -0.3 is 10.0 Å². The molecule has 1 aliphatic heterocycles. The first-order valence-electron chi connectivity index (χ1n) is 4.92. The molecule has 0 unspecified atom stereocenters. The van der Waals surface area contributed by atoms with Gasteiger partial charge in [-0.05, 0) is 30.7 Å². The number of aromatic hydroxyl groups is 1. The summed E-state index contributed by atoms with van der Waals surface area (Å²) in [5.74, 6) is 0.670. The summed E-state index contributed by atoms with van der Waals surface area (Å²) in [6, 6.07) is 6.66. The van der Waals surface area contributed by atoms with Crippen LogP contribution in [0.15, 0.2) is 35.0 Å². The van der Waals surface area contributed by atoms with Crippen LogP contribution < -0.4 is 0 Å². The molecule has 1 aromatic carbocycles. The molecule has 0 radical (unpaired) electrons. The lowest BCUT2D eigenvalue weighted by atomic mass is 10.2. The van der Waals surface area contributed by atoms with Crippen LogP contribution in [-0.2, 0) is 4.79 Å². The van der Waals surface area contributed by atoms with Crippen molar-refractivity contribution in [3.8, 4) is 5.75 Å². The van der Waals surface area contributed by atoms with E-state index in [4.69, 9.17) is 5.11 Å². The number of phenolic OH excluding ortho intramolecular Hbond substituents is 1. The van der Waals surface area contributed by atoms with E-state index in [1.54, 1.807) is 49.2 Å². The van der Waals surface area contributed by atoms with Crippen LogP contribution in [-0.4, -0.2) is 28.8 Å². The van der Waals surface area contributed by atoms with Crippen molar-refractivity contribution in [1.29, 1.82) is 0 Å². The normalized spacial score (nSPS) is 18.1. The monoisotopic (exact) mass is 216 g/mol. The maximum Gasteiger partial charge on any atom is 0.295 e. The van der Waals surface area contributed by atoms with E-state index in [-0.39, 0.29) is 11.7 Å². The first-order chi connectivity index (χ1) is 7.58. The average Bonchev–Trinajstić information content (AvgIpc) is 2.48. The number of likely N-dealkylation sites (N-methyl/N-ethyl adjacent to an activating group) is 1. The number of hydrogen-bond acceptors (Lipinski definition) is 3. The molecule has 16 heavy (non-hydrogen) atoms. The second-order valence-electron chi connectivity index (χ2n) is 3.64. The van der Waals surface area contributed by atoms with Crippen LogP contribution >= 0.6 is 0 Å². The number of benzene rings is 1. The van der Waals surface area contributed by atoms with Crippen LogP contribution in [0.5, 0.6) is 5.75 Å². The van der Waals surface area contributed by atoms with Crippen molar-refractivity contribution in [1.82, 2.24) is 4.90 Å². The highest BCUT2D eigenvalue weighted by Crippen LogP contribution is 2.18. The second kappa shape index (κ2) is 3.81. The van der Waals surface area contributed by atoms with E-state index in [9.17, 15) is 4.79 Å². The molecule has 0 aliphatic carbocycles. The summed E-state index contributed by atoms with van der Waals surface area (Å²) in [7, 11) is 1.80. The molecule has 0 atom stereocenters. The molecule has 4 nitrogen and oxygen atoms in total. The van der Waals surface area contributed by atoms with Gasteiger partial charge in [-0.15, -0.1) is 0 Å². The molecule has 1 heterocycles. The fourth-order valence-electron chi connectivity index (χ4n) is 1.48. The highest BCUT2D eigenvalue weighted by Gasteiger charge is 2.22. The molecular formula is C12H12N2O2. The molecular weight excluding hydrogens is 204 g/mol. The summed E-state index contributed by atoms with van der Waals surface area (Å²) in [5.41, 5.74) is 1.40. The Morgan fingerprint density at radius 1 is 1.31 bits per heavy atom. The van der Waals surface area contributed by atoms with Gasteiger partial charge in [0.05, 0.1) is 0 Å². The third-order valence-electron chi connectivity index (χ3n) is 2.53. The lowest BCUT2D eigenvalue weighted by Gasteiger charge is -2.11. The third kappa shape index (κ3) is 1.82. The zero-order chi connectivity index (χ0) is 11.7. The largest absolute Gasteiger partial charge is 0.508 e. The second-order valence-corrected chi connectivity index (χ2v) is 3.64. The number of aliphatic imine (C=N–C) groups is 1. The minimum Gasteiger partial charge on any atom is -0.508 e. The fourth-order valence-corrected chi connectivity index (χ4v) is 1.48. The SMILES string of the molecule is CC1=NC(=O)/C(=C/c2ccc(O)cc2)N1C. The van der Waals surface area contributed by atoms with Crippen LogP contribution in [0.3, 0.4) is 0 Å². The molecule has 0 saturated heterocycles. The minimum absolute atomic E-state index is 0.209. The number of phenols is 1. The Hall–Kier alpha value is -2.10. The lowest BCUT2D eigenvalue weighted by Crippen LogP contribution is -2.18. The van der Waals surface area contributed by atoms with Crippen molar-refractivity contribution in [2.45, 2.75) is 6.92 Å². The predicted octanol–water partition coefficient (Wildman–Crippen LogP) is 1.62. The van der Waals surface area contributed by atoms with Crippen molar-refractivity contribution in [2.24, 2.45) is 4.99 Å². The first kappa shape index (κ1) is 10.4. The third-order valence-corrected chi connectivity index (χ3v) is 2.53. The maximum absolute atomic E-state index is 11.5. The lowest BCUT2D eigenvalue weighted by molar-refractivity contribution is -0.114. The van der Waals surface area contributed by atoms with Gasteiger partial charge in [0.1, 0.15) is 17.3 Å². The number of hydrogen-bond donors (Lipinski definition) is 1. The fraction of sp³-hybridized carbons (Fsp3) is 0.167. The molecule has 1 aromatic rings. The van der Waals surface area contributed by atoms with Crippen LogP contribution in [0.25, 0.3) is 6.08 Å². The summed E-state index contributed by atoms with van der Waals surface area (Å²) < 4.78 is 0. The molecule has 1 aliphatic rings. The molecule has 0 spiro atoms. The van der Waals surface area contributed by atoms with Gasteiger partial charge in [-0.2, -0.15) is 4.99 Å². The molecule has 4 heteroatoms. The van der Waals surface area contributed by atoms with Crippen molar-refractivity contribution in [3.05, 3.63) is 35.5 Å². The first-order valence-corrected chi connectivity index (χ1v) is 4.92. The average molecular weight is 216 g/mol. The number of rotatable bonds is 1. The predicted molar refractivity (Wildman–Crippen MR) is 62.0 cm³/mol.